The van der Waals surface area contributed by atoms with E-state index in [-0.39, 0.29) is 16.2 Å². The average Bonchev–Trinajstić information content (AvgIpc) is 2.65. The Morgan fingerprint density at radius 1 is 1.04 bits per heavy atom. The second kappa shape index (κ2) is 7.86. The van der Waals surface area contributed by atoms with Crippen LogP contribution >= 0.6 is 0 Å². The van der Waals surface area contributed by atoms with E-state index in [1.807, 2.05) is 0 Å². The summed E-state index contributed by atoms with van der Waals surface area (Å²) in [4.78, 5) is 24.9. The summed E-state index contributed by atoms with van der Waals surface area (Å²) < 4.78 is 35.9. The van der Waals surface area contributed by atoms with E-state index >= 15 is 0 Å². The molecule has 0 amide bonds. The van der Waals surface area contributed by atoms with E-state index in [0.717, 1.165) is 20.3 Å². The van der Waals surface area contributed by atoms with Crippen molar-refractivity contribution in [3.05, 3.63) is 53.5 Å². The first-order valence-corrected chi connectivity index (χ1v) is 9.66. The summed E-state index contributed by atoms with van der Waals surface area (Å²) in [5.41, 5.74) is -1.46. The largest absolute Gasteiger partial charge is 0.468 e. The van der Waals surface area contributed by atoms with Crippen LogP contribution in [-0.2, 0) is 28.9 Å². The first-order chi connectivity index (χ1) is 12.3. The van der Waals surface area contributed by atoms with Crippen molar-refractivity contribution in [1.82, 2.24) is 0 Å². The second-order valence-corrected chi connectivity index (χ2v) is 8.01. The van der Waals surface area contributed by atoms with Crippen LogP contribution in [0, 0.1) is 5.41 Å². The van der Waals surface area contributed by atoms with Gasteiger partial charge in [-0.2, -0.15) is 0 Å². The minimum Gasteiger partial charge on any atom is -0.468 e. The fraction of sp³-hybridized carbons (Fsp3) is 0.368. The summed E-state index contributed by atoms with van der Waals surface area (Å²) in [7, 11) is -1.65. The molecule has 1 aliphatic rings. The molecular weight excluding hydrogens is 356 g/mol. The number of carbonyl (C=O) groups is 2. The molecule has 0 bridgehead atoms. The fourth-order valence-electron chi connectivity index (χ4n) is 3.03. The quantitative estimate of drug-likeness (QED) is 0.591. The molecule has 0 radical (unpaired) electrons. The molecule has 140 valence electrons. The van der Waals surface area contributed by atoms with Crippen LogP contribution in [0.1, 0.15) is 25.7 Å². The van der Waals surface area contributed by atoms with Gasteiger partial charge in [0.15, 0.2) is 5.41 Å². The maximum absolute atomic E-state index is 13.1. The Morgan fingerprint density at radius 2 is 1.62 bits per heavy atom. The van der Waals surface area contributed by atoms with Crippen LogP contribution in [0.25, 0.3) is 0 Å². The van der Waals surface area contributed by atoms with E-state index in [1.54, 1.807) is 18.2 Å². The molecule has 0 spiro atoms. The lowest BCUT2D eigenvalue weighted by Gasteiger charge is -2.28. The summed E-state index contributed by atoms with van der Waals surface area (Å²) in [6.45, 7) is 3.87. The van der Waals surface area contributed by atoms with Crippen LogP contribution in [0.4, 0.5) is 0 Å². The molecule has 26 heavy (non-hydrogen) atoms. The summed E-state index contributed by atoms with van der Waals surface area (Å²) >= 11 is 0. The van der Waals surface area contributed by atoms with Gasteiger partial charge in [0.05, 0.1) is 24.0 Å². The van der Waals surface area contributed by atoms with Crippen molar-refractivity contribution >= 4 is 21.8 Å². The number of esters is 2. The first kappa shape index (κ1) is 19.9. The maximum Gasteiger partial charge on any atom is 0.327 e. The van der Waals surface area contributed by atoms with Crippen LogP contribution in [-0.4, -0.2) is 34.6 Å². The van der Waals surface area contributed by atoms with Crippen molar-refractivity contribution in [2.45, 2.75) is 30.6 Å². The third-order valence-electron chi connectivity index (χ3n) is 4.47. The molecule has 1 aromatic carbocycles. The van der Waals surface area contributed by atoms with Gasteiger partial charge < -0.3 is 9.47 Å². The minimum atomic E-state index is -3.96. The molecule has 1 aromatic rings. The standard InChI is InChI=1S/C19H22O6S/c1-14-9-7-8-12-19(17(20)24-2,18(21)25-3)13-16(14)26(22,23)15-10-5-4-6-11-15/h4-6,10-11,13H,1,7-9,12H2,2-3H3/b16-13+. The van der Waals surface area contributed by atoms with E-state index in [4.69, 9.17) is 9.47 Å². The summed E-state index contributed by atoms with van der Waals surface area (Å²) in [5, 5.41) is 0. The first-order valence-electron chi connectivity index (χ1n) is 8.17. The van der Waals surface area contributed by atoms with Gasteiger partial charge in [0, 0.05) is 0 Å². The smallest absolute Gasteiger partial charge is 0.327 e. The Balaban J connectivity index is 2.75. The Bertz CT molecular complexity index is 820. The molecule has 0 aliphatic heterocycles. The fourth-order valence-corrected chi connectivity index (χ4v) is 4.64. The molecular formula is C19H22O6S. The second-order valence-electron chi connectivity index (χ2n) is 6.09. The van der Waals surface area contributed by atoms with Gasteiger partial charge in [-0.1, -0.05) is 31.2 Å². The van der Waals surface area contributed by atoms with Crippen LogP contribution in [0.3, 0.4) is 0 Å². The number of hydrogen-bond acceptors (Lipinski definition) is 6. The highest BCUT2D eigenvalue weighted by Crippen LogP contribution is 2.39. The SMILES string of the molecule is C=C1CCCCC(C(=O)OC)(C(=O)OC)/C=C\1S(=O)(=O)c1ccccc1. The van der Waals surface area contributed by atoms with Crippen LogP contribution < -0.4 is 0 Å². The van der Waals surface area contributed by atoms with Gasteiger partial charge in [-0.25, -0.2) is 8.42 Å². The number of benzene rings is 1. The van der Waals surface area contributed by atoms with Crippen molar-refractivity contribution in [2.24, 2.45) is 5.41 Å². The lowest BCUT2D eigenvalue weighted by atomic mass is 9.79. The van der Waals surface area contributed by atoms with E-state index < -0.39 is 27.2 Å². The number of sulfone groups is 1. The van der Waals surface area contributed by atoms with E-state index in [2.05, 4.69) is 6.58 Å². The van der Waals surface area contributed by atoms with E-state index in [9.17, 15) is 18.0 Å². The van der Waals surface area contributed by atoms with Crippen LogP contribution in [0.5, 0.6) is 0 Å². The molecule has 2 rings (SSSR count). The Morgan fingerprint density at radius 3 is 2.15 bits per heavy atom. The van der Waals surface area contributed by atoms with Crippen LogP contribution in [0.2, 0.25) is 0 Å². The molecule has 0 unspecified atom stereocenters. The zero-order valence-electron chi connectivity index (χ0n) is 14.9. The molecule has 6 nitrogen and oxygen atoms in total. The van der Waals surface area contributed by atoms with E-state index in [0.29, 0.717) is 24.8 Å². The highest BCUT2D eigenvalue weighted by atomic mass is 32.2. The zero-order chi connectivity index (χ0) is 19.4. The van der Waals surface area contributed by atoms with Crippen molar-refractivity contribution in [3.63, 3.8) is 0 Å². The summed E-state index contributed by atoms with van der Waals surface area (Å²) in [5.74, 6) is -1.69. The predicted octanol–water partition coefficient (Wildman–Crippen LogP) is 2.81. The Hall–Kier alpha value is -2.41. The lowest BCUT2D eigenvalue weighted by molar-refractivity contribution is -0.165. The number of methoxy groups -OCH3 is 2. The molecule has 0 heterocycles. The highest BCUT2D eigenvalue weighted by molar-refractivity contribution is 7.95. The van der Waals surface area contributed by atoms with Crippen molar-refractivity contribution in [3.8, 4) is 0 Å². The normalized spacial score (nSPS) is 19.5. The van der Waals surface area contributed by atoms with Crippen molar-refractivity contribution in [2.75, 3.05) is 14.2 Å². The summed E-state index contributed by atoms with van der Waals surface area (Å²) in [6.07, 6.45) is 2.84. The third kappa shape index (κ3) is 3.58. The topological polar surface area (TPSA) is 86.7 Å². The Labute approximate surface area is 153 Å². The van der Waals surface area contributed by atoms with E-state index in [1.165, 1.54) is 12.1 Å². The third-order valence-corrected chi connectivity index (χ3v) is 6.35. The molecule has 0 saturated heterocycles. The number of carbonyl (C=O) groups excluding carboxylic acids is 2. The number of ether oxygens (including phenoxy) is 2. The molecule has 1 aliphatic carbocycles. The van der Waals surface area contributed by atoms with Gasteiger partial charge in [0.2, 0.25) is 9.84 Å². The van der Waals surface area contributed by atoms with Gasteiger partial charge in [-0.15, -0.1) is 0 Å². The highest BCUT2D eigenvalue weighted by Gasteiger charge is 2.48. The van der Waals surface area contributed by atoms with Crippen molar-refractivity contribution < 1.29 is 27.5 Å². The number of rotatable bonds is 4. The molecule has 7 heteroatoms. The molecule has 0 N–H and O–H groups in total. The van der Waals surface area contributed by atoms with Gasteiger partial charge in [-0.3, -0.25) is 9.59 Å². The molecule has 0 atom stereocenters. The summed E-state index contributed by atoms with van der Waals surface area (Å²) in [6, 6.07) is 7.83. The molecule has 0 fully saturated rings. The molecule has 0 aromatic heterocycles. The Kier molecular flexibility index (Phi) is 6.02. The zero-order valence-corrected chi connectivity index (χ0v) is 15.7. The average molecular weight is 378 g/mol. The molecule has 0 saturated carbocycles. The van der Waals surface area contributed by atoms with Crippen LogP contribution in [0.15, 0.2) is 58.4 Å². The lowest BCUT2D eigenvalue weighted by Crippen LogP contribution is -2.41. The number of hydrogen-bond donors (Lipinski definition) is 0. The number of allylic oxidation sites excluding steroid dienone is 1. The predicted molar refractivity (Wildman–Crippen MR) is 95.8 cm³/mol. The van der Waals surface area contributed by atoms with Gasteiger partial charge in [0.1, 0.15) is 0 Å². The minimum absolute atomic E-state index is 0.0663. The van der Waals surface area contributed by atoms with Gasteiger partial charge in [-0.05, 0) is 43.0 Å². The van der Waals surface area contributed by atoms with Crippen molar-refractivity contribution in [1.29, 1.82) is 0 Å². The van der Waals surface area contributed by atoms with Gasteiger partial charge >= 0.3 is 11.9 Å². The van der Waals surface area contributed by atoms with Gasteiger partial charge in [0.25, 0.3) is 0 Å². The maximum atomic E-state index is 13.1. The monoisotopic (exact) mass is 378 g/mol.